The summed E-state index contributed by atoms with van der Waals surface area (Å²) < 4.78 is 1.95. The van der Waals surface area contributed by atoms with Gasteiger partial charge in [0.05, 0.1) is 6.34 Å². The maximum absolute atomic E-state index is 5.74. The van der Waals surface area contributed by atoms with Crippen molar-refractivity contribution in [1.82, 2.24) is 9.88 Å². The minimum Gasteiger partial charge on any atom is -0.357 e. The Hall–Kier alpha value is -1.29. The first-order valence-corrected chi connectivity index (χ1v) is 3.48. The smallest absolute Gasteiger partial charge is 0.140 e. The van der Waals surface area contributed by atoms with Crippen molar-refractivity contribution in [3.05, 3.63) is 17.8 Å². The van der Waals surface area contributed by atoms with Crippen molar-refractivity contribution in [3.8, 4) is 0 Å². The molecule has 0 fully saturated rings. The molecule has 1 aliphatic rings. The van der Waals surface area contributed by atoms with Crippen molar-refractivity contribution < 1.29 is 0 Å². The van der Waals surface area contributed by atoms with Gasteiger partial charge in [-0.1, -0.05) is 0 Å². The predicted octanol–water partition coefficient (Wildman–Crippen LogP) is 0.245. The third-order valence-corrected chi connectivity index (χ3v) is 1.85. The minimum absolute atomic E-state index is 0.108. The normalized spacial score (nSPS) is 21.1. The number of nitrogens with one attached hydrogen (secondary N) is 1. The summed E-state index contributed by atoms with van der Waals surface area (Å²) >= 11 is 0. The van der Waals surface area contributed by atoms with Crippen LogP contribution in [-0.2, 0) is 7.05 Å². The van der Waals surface area contributed by atoms with Crippen LogP contribution in [0, 0.1) is 0 Å². The topological polar surface area (TPSA) is 55.3 Å². The second kappa shape index (κ2) is 2.10. The summed E-state index contributed by atoms with van der Waals surface area (Å²) in [6, 6.07) is 1.98. The van der Waals surface area contributed by atoms with Gasteiger partial charge >= 0.3 is 0 Å². The number of aromatic nitrogens is 1. The highest BCUT2D eigenvalue weighted by atomic mass is 15.1. The van der Waals surface area contributed by atoms with Crippen LogP contribution in [0.15, 0.2) is 17.3 Å². The van der Waals surface area contributed by atoms with Crippen LogP contribution in [0.3, 0.4) is 0 Å². The number of hydrogen-bond acceptors (Lipinski definition) is 3. The van der Waals surface area contributed by atoms with Crippen LogP contribution in [0.25, 0.3) is 0 Å². The average Bonchev–Trinajstić information content (AvgIpc) is 2.35. The van der Waals surface area contributed by atoms with Gasteiger partial charge < -0.3 is 15.6 Å². The third-order valence-electron chi connectivity index (χ3n) is 1.85. The van der Waals surface area contributed by atoms with Crippen LogP contribution in [0.1, 0.15) is 11.7 Å². The molecule has 0 saturated carbocycles. The van der Waals surface area contributed by atoms with Crippen molar-refractivity contribution >= 4 is 12.2 Å². The second-order valence-corrected chi connectivity index (χ2v) is 2.61. The SMILES string of the molecule is Cn1ccc2c1N=CNC2N. The van der Waals surface area contributed by atoms with Gasteiger partial charge in [0.1, 0.15) is 12.0 Å². The molecule has 0 saturated heterocycles. The maximum Gasteiger partial charge on any atom is 0.140 e. The van der Waals surface area contributed by atoms with Crippen LogP contribution < -0.4 is 11.1 Å². The fourth-order valence-electron chi connectivity index (χ4n) is 1.22. The highest BCUT2D eigenvalue weighted by molar-refractivity contribution is 5.66. The van der Waals surface area contributed by atoms with E-state index >= 15 is 0 Å². The summed E-state index contributed by atoms with van der Waals surface area (Å²) in [7, 11) is 1.95. The Balaban J connectivity index is 2.57. The molecule has 58 valence electrons. The van der Waals surface area contributed by atoms with E-state index in [1.54, 1.807) is 6.34 Å². The fraction of sp³-hybridized carbons (Fsp3) is 0.286. The molecule has 1 unspecified atom stereocenters. The lowest BCUT2D eigenvalue weighted by molar-refractivity contribution is 0.677. The van der Waals surface area contributed by atoms with Gasteiger partial charge in [0.15, 0.2) is 0 Å². The summed E-state index contributed by atoms with van der Waals surface area (Å²) in [6.45, 7) is 0. The van der Waals surface area contributed by atoms with Crippen molar-refractivity contribution in [2.45, 2.75) is 6.17 Å². The second-order valence-electron chi connectivity index (χ2n) is 2.61. The molecule has 0 spiro atoms. The van der Waals surface area contributed by atoms with Crippen LogP contribution in [-0.4, -0.2) is 10.9 Å². The Kier molecular flexibility index (Phi) is 1.22. The first kappa shape index (κ1) is 6.42. The molecular formula is C7H10N4. The van der Waals surface area contributed by atoms with E-state index in [0.717, 1.165) is 11.4 Å². The van der Waals surface area contributed by atoms with E-state index in [1.165, 1.54) is 0 Å². The molecule has 0 bridgehead atoms. The highest BCUT2D eigenvalue weighted by Gasteiger charge is 2.15. The molecule has 1 aromatic rings. The quantitative estimate of drug-likeness (QED) is 0.556. The van der Waals surface area contributed by atoms with Crippen molar-refractivity contribution in [2.75, 3.05) is 0 Å². The Morgan fingerprint density at radius 3 is 3.27 bits per heavy atom. The Labute approximate surface area is 64.7 Å². The largest absolute Gasteiger partial charge is 0.357 e. The number of nitrogens with zero attached hydrogens (tertiary/aromatic N) is 2. The molecule has 4 heteroatoms. The molecular weight excluding hydrogens is 140 g/mol. The van der Waals surface area contributed by atoms with E-state index in [9.17, 15) is 0 Å². The molecule has 0 aliphatic carbocycles. The van der Waals surface area contributed by atoms with E-state index in [4.69, 9.17) is 5.73 Å². The Bertz CT molecular complexity index is 299. The summed E-state index contributed by atoms with van der Waals surface area (Å²) in [6.07, 6.45) is 3.48. The van der Waals surface area contributed by atoms with Crippen LogP contribution in [0.4, 0.5) is 5.82 Å². The Morgan fingerprint density at radius 2 is 2.55 bits per heavy atom. The van der Waals surface area contributed by atoms with Crippen molar-refractivity contribution in [3.63, 3.8) is 0 Å². The molecule has 3 N–H and O–H groups in total. The molecule has 0 radical (unpaired) electrons. The van der Waals surface area contributed by atoms with E-state index in [2.05, 4.69) is 10.3 Å². The van der Waals surface area contributed by atoms with Gasteiger partial charge in [0, 0.05) is 18.8 Å². The molecule has 0 aromatic carbocycles. The number of aryl methyl sites for hydroxylation is 1. The minimum atomic E-state index is -0.108. The maximum atomic E-state index is 5.74. The number of aliphatic imine (C=N–C) groups is 1. The van der Waals surface area contributed by atoms with E-state index in [1.807, 2.05) is 23.9 Å². The van der Waals surface area contributed by atoms with Crippen LogP contribution >= 0.6 is 0 Å². The van der Waals surface area contributed by atoms with Crippen LogP contribution in [0.5, 0.6) is 0 Å². The predicted molar refractivity (Wildman–Crippen MR) is 43.6 cm³/mol. The van der Waals surface area contributed by atoms with Crippen molar-refractivity contribution in [1.29, 1.82) is 0 Å². The Morgan fingerprint density at radius 1 is 1.73 bits per heavy atom. The lowest BCUT2D eigenvalue weighted by Crippen LogP contribution is -2.29. The van der Waals surface area contributed by atoms with E-state index < -0.39 is 0 Å². The molecule has 11 heavy (non-hydrogen) atoms. The molecule has 1 aromatic heterocycles. The van der Waals surface area contributed by atoms with Crippen molar-refractivity contribution in [2.24, 2.45) is 17.8 Å². The number of rotatable bonds is 0. The zero-order valence-corrected chi connectivity index (χ0v) is 6.28. The molecule has 1 atom stereocenters. The summed E-state index contributed by atoms with van der Waals surface area (Å²) in [4.78, 5) is 4.15. The lowest BCUT2D eigenvalue weighted by Gasteiger charge is -2.15. The monoisotopic (exact) mass is 150 g/mol. The summed E-state index contributed by atoms with van der Waals surface area (Å²) in [5.74, 6) is 0.941. The van der Waals surface area contributed by atoms with E-state index in [-0.39, 0.29) is 6.17 Å². The van der Waals surface area contributed by atoms with Gasteiger partial charge in [-0.2, -0.15) is 0 Å². The van der Waals surface area contributed by atoms with Gasteiger partial charge in [-0.25, -0.2) is 4.99 Å². The standard InChI is InChI=1S/C7H10N4/c1-11-3-2-5-6(8)9-4-10-7(5)11/h2-4,6H,8H2,1H3,(H,9,10). The average molecular weight is 150 g/mol. The molecule has 1 aliphatic heterocycles. The third kappa shape index (κ3) is 0.832. The first-order chi connectivity index (χ1) is 5.29. The number of fused-ring (bicyclic) bond motifs is 1. The first-order valence-electron chi connectivity index (χ1n) is 3.48. The summed E-state index contributed by atoms with van der Waals surface area (Å²) in [5.41, 5.74) is 6.79. The fourth-order valence-corrected chi connectivity index (χ4v) is 1.22. The zero-order valence-electron chi connectivity index (χ0n) is 6.28. The number of hydrogen-bond donors (Lipinski definition) is 2. The van der Waals surface area contributed by atoms with Gasteiger partial charge in [-0.05, 0) is 6.07 Å². The molecule has 0 amide bonds. The lowest BCUT2D eigenvalue weighted by atomic mass is 10.2. The van der Waals surface area contributed by atoms with Gasteiger partial charge in [0.2, 0.25) is 0 Å². The van der Waals surface area contributed by atoms with E-state index in [0.29, 0.717) is 0 Å². The molecule has 4 nitrogen and oxygen atoms in total. The molecule has 2 heterocycles. The van der Waals surface area contributed by atoms with Gasteiger partial charge in [0.25, 0.3) is 0 Å². The zero-order chi connectivity index (χ0) is 7.84. The summed E-state index contributed by atoms with van der Waals surface area (Å²) in [5, 5.41) is 2.92. The van der Waals surface area contributed by atoms with Crippen LogP contribution in [0.2, 0.25) is 0 Å². The van der Waals surface area contributed by atoms with Gasteiger partial charge in [-0.15, -0.1) is 0 Å². The highest BCUT2D eigenvalue weighted by Crippen LogP contribution is 2.25. The molecule has 2 rings (SSSR count). The van der Waals surface area contributed by atoms with Gasteiger partial charge in [-0.3, -0.25) is 0 Å². The number of nitrogens with two attached hydrogens (primary N) is 1.